The molecule has 220 valence electrons. The van der Waals surface area contributed by atoms with E-state index in [1.165, 1.54) is 12.2 Å². The van der Waals surface area contributed by atoms with Gasteiger partial charge in [-0.1, -0.05) is 13.2 Å². The maximum Gasteiger partial charge on any atom is 0.349 e. The number of ether oxygens (including phenoxy) is 4. The first-order valence-corrected chi connectivity index (χ1v) is 13.7. The van der Waals surface area contributed by atoms with Crippen LogP contribution in [0.5, 0.6) is 0 Å². The van der Waals surface area contributed by atoms with Gasteiger partial charge < -0.3 is 28.6 Å². The summed E-state index contributed by atoms with van der Waals surface area (Å²) in [5.74, 6) is -2.60. The fourth-order valence-electron chi connectivity index (χ4n) is 7.32. The van der Waals surface area contributed by atoms with Crippen molar-refractivity contribution in [3.63, 3.8) is 0 Å². The molecule has 4 fully saturated rings. The average Bonchev–Trinajstić information content (AvgIpc) is 2.81. The fourth-order valence-corrected chi connectivity index (χ4v) is 7.32. The monoisotopic (exact) mass is 550 g/mol. The minimum absolute atomic E-state index is 0.428. The van der Waals surface area contributed by atoms with Gasteiger partial charge in [0.2, 0.25) is 0 Å². The first kappa shape index (κ1) is 30.1. The van der Waals surface area contributed by atoms with Crippen LogP contribution in [0.25, 0.3) is 0 Å². The van der Waals surface area contributed by atoms with Crippen molar-refractivity contribution in [2.75, 3.05) is 26.4 Å². The van der Waals surface area contributed by atoms with Gasteiger partial charge in [-0.3, -0.25) is 0 Å². The summed E-state index contributed by atoms with van der Waals surface area (Å²) in [5.41, 5.74) is -2.56. The molecule has 0 unspecified atom stereocenters. The summed E-state index contributed by atoms with van der Waals surface area (Å²) in [5, 5.41) is 3.48. The van der Waals surface area contributed by atoms with E-state index in [0.29, 0.717) is 52.1 Å². The minimum Gasteiger partial charge on any atom is -0.363 e. The largest absolute Gasteiger partial charge is 0.363 e. The van der Waals surface area contributed by atoms with Crippen molar-refractivity contribution >= 4 is 11.9 Å². The van der Waals surface area contributed by atoms with Crippen LogP contribution >= 0.6 is 0 Å². The van der Waals surface area contributed by atoms with Crippen LogP contribution in [-0.2, 0) is 38.2 Å². The molecule has 4 rings (SSSR count). The lowest BCUT2D eigenvalue weighted by atomic mass is 9.75. The maximum atomic E-state index is 12.0. The number of nitrogens with zero attached hydrogens (tertiary/aromatic N) is 2. The van der Waals surface area contributed by atoms with Gasteiger partial charge in [-0.25, -0.2) is 9.59 Å². The molecule has 0 N–H and O–H groups in total. The van der Waals surface area contributed by atoms with Crippen molar-refractivity contribution < 1.29 is 38.2 Å². The standard InChI is InChI=1S/C29H46N2O8/c1-11-21(32)38-30-23(3,4)13-28(14-24(30,5)6)34-17-27(18-35-28)19-36-29(37-20-27)15-25(7,8)31(26(9,10)16-29)39-22(33)12-2/h11-12H,1-2,13-20H2,3-10H3. The summed E-state index contributed by atoms with van der Waals surface area (Å²) in [6.07, 6.45) is 4.44. The van der Waals surface area contributed by atoms with Gasteiger partial charge in [0, 0.05) is 37.8 Å². The Kier molecular flexibility index (Phi) is 7.45. The second-order valence-corrected chi connectivity index (χ2v) is 14.3. The second-order valence-electron chi connectivity index (χ2n) is 14.3. The summed E-state index contributed by atoms with van der Waals surface area (Å²) in [6.45, 7) is 24.9. The molecule has 4 saturated heterocycles. The van der Waals surface area contributed by atoms with Gasteiger partial charge in [0.05, 0.1) is 54.0 Å². The van der Waals surface area contributed by atoms with Crippen molar-refractivity contribution in [2.24, 2.45) is 5.41 Å². The summed E-state index contributed by atoms with van der Waals surface area (Å²) >= 11 is 0. The predicted molar refractivity (Wildman–Crippen MR) is 143 cm³/mol. The van der Waals surface area contributed by atoms with Crippen LogP contribution in [0.1, 0.15) is 81.1 Å². The van der Waals surface area contributed by atoms with Gasteiger partial charge in [0.25, 0.3) is 0 Å². The quantitative estimate of drug-likeness (QED) is 0.477. The molecule has 0 aromatic rings. The van der Waals surface area contributed by atoms with Crippen LogP contribution < -0.4 is 0 Å². The summed E-state index contributed by atoms with van der Waals surface area (Å²) < 4.78 is 26.1. The molecule has 4 aliphatic heterocycles. The lowest BCUT2D eigenvalue weighted by molar-refractivity contribution is -0.413. The predicted octanol–water partition coefficient (Wildman–Crippen LogP) is 4.05. The topological polar surface area (TPSA) is 96.0 Å². The summed E-state index contributed by atoms with van der Waals surface area (Å²) in [4.78, 5) is 35.3. The fraction of sp³-hybridized carbons (Fsp3) is 0.793. The van der Waals surface area contributed by atoms with Crippen LogP contribution in [-0.4, -0.2) is 82.2 Å². The van der Waals surface area contributed by atoms with Crippen LogP contribution in [0, 0.1) is 5.41 Å². The molecule has 10 heteroatoms. The highest BCUT2D eigenvalue weighted by Crippen LogP contribution is 2.52. The van der Waals surface area contributed by atoms with E-state index in [4.69, 9.17) is 28.6 Å². The number of rotatable bonds is 4. The molecule has 0 saturated carbocycles. The zero-order chi connectivity index (χ0) is 29.1. The number of piperidine rings is 2. The number of hydrogen-bond donors (Lipinski definition) is 0. The normalized spacial score (nSPS) is 29.9. The zero-order valence-electron chi connectivity index (χ0n) is 24.9. The van der Waals surface area contributed by atoms with Gasteiger partial charge in [-0.05, 0) is 55.4 Å². The molecule has 3 spiro atoms. The van der Waals surface area contributed by atoms with Gasteiger partial charge in [-0.2, -0.15) is 0 Å². The van der Waals surface area contributed by atoms with Crippen LogP contribution in [0.15, 0.2) is 25.3 Å². The lowest BCUT2D eigenvalue weighted by Crippen LogP contribution is -2.71. The Morgan fingerprint density at radius 3 is 1.08 bits per heavy atom. The van der Waals surface area contributed by atoms with E-state index in [1.807, 2.05) is 55.4 Å². The number of hydrogen-bond acceptors (Lipinski definition) is 10. The molecule has 0 radical (unpaired) electrons. The highest BCUT2D eigenvalue weighted by molar-refractivity contribution is 5.81. The van der Waals surface area contributed by atoms with E-state index < -0.39 is 51.1 Å². The molecule has 0 bridgehead atoms. The van der Waals surface area contributed by atoms with E-state index >= 15 is 0 Å². The van der Waals surface area contributed by atoms with Gasteiger partial charge in [0.15, 0.2) is 11.6 Å². The highest BCUT2D eigenvalue weighted by atomic mass is 16.7. The Morgan fingerprint density at radius 1 is 0.590 bits per heavy atom. The van der Waals surface area contributed by atoms with Gasteiger partial charge in [-0.15, -0.1) is 10.1 Å². The molecule has 0 amide bonds. The van der Waals surface area contributed by atoms with E-state index in [-0.39, 0.29) is 0 Å². The minimum atomic E-state index is -0.811. The number of carbonyl (C=O) groups excluding carboxylic acids is 2. The SMILES string of the molecule is C=CC(=O)ON1C(C)(C)CC2(CC1(C)C)OCC1(CO2)COC2(CC(C)(C)N(OC(=O)C=C)C(C)(C)C2)OC1. The van der Waals surface area contributed by atoms with Crippen LogP contribution in [0.4, 0.5) is 0 Å². The molecule has 0 aromatic heterocycles. The third-order valence-electron chi connectivity index (χ3n) is 8.27. The maximum absolute atomic E-state index is 12.0. The van der Waals surface area contributed by atoms with Crippen LogP contribution in [0.3, 0.4) is 0 Å². The molecule has 4 aliphatic rings. The van der Waals surface area contributed by atoms with Crippen molar-refractivity contribution in [2.45, 2.75) is 115 Å². The number of carbonyl (C=O) groups is 2. The van der Waals surface area contributed by atoms with E-state index in [9.17, 15) is 9.59 Å². The van der Waals surface area contributed by atoms with Crippen LogP contribution in [0.2, 0.25) is 0 Å². The van der Waals surface area contributed by atoms with E-state index in [0.717, 1.165) is 0 Å². The Hall–Kier alpha value is -1.82. The van der Waals surface area contributed by atoms with Crippen molar-refractivity contribution in [1.29, 1.82) is 0 Å². The highest BCUT2D eigenvalue weighted by Gasteiger charge is 2.62. The Bertz CT molecular complexity index is 877. The smallest absolute Gasteiger partial charge is 0.349 e. The van der Waals surface area contributed by atoms with E-state index in [1.54, 1.807) is 10.1 Å². The molecule has 4 heterocycles. The zero-order valence-corrected chi connectivity index (χ0v) is 24.9. The number of hydroxylamine groups is 4. The van der Waals surface area contributed by atoms with Crippen molar-refractivity contribution in [3.05, 3.63) is 25.3 Å². The molecule has 0 atom stereocenters. The second kappa shape index (κ2) is 9.63. The Balaban J connectivity index is 1.43. The van der Waals surface area contributed by atoms with Gasteiger partial charge >= 0.3 is 11.9 Å². The molecular formula is C29H46N2O8. The summed E-state index contributed by atoms with van der Waals surface area (Å²) in [6, 6.07) is 0. The molecular weight excluding hydrogens is 504 g/mol. The summed E-state index contributed by atoms with van der Waals surface area (Å²) in [7, 11) is 0. The lowest BCUT2D eigenvalue weighted by Gasteiger charge is -2.61. The first-order valence-electron chi connectivity index (χ1n) is 13.7. The first-order chi connectivity index (χ1) is 17.8. The Morgan fingerprint density at radius 2 is 0.846 bits per heavy atom. The van der Waals surface area contributed by atoms with Gasteiger partial charge in [0.1, 0.15) is 0 Å². The average molecular weight is 551 g/mol. The molecule has 39 heavy (non-hydrogen) atoms. The van der Waals surface area contributed by atoms with E-state index in [2.05, 4.69) is 13.2 Å². The third-order valence-corrected chi connectivity index (χ3v) is 8.27. The molecule has 10 nitrogen and oxygen atoms in total. The van der Waals surface area contributed by atoms with Crippen molar-refractivity contribution in [3.8, 4) is 0 Å². The third kappa shape index (κ3) is 5.69. The Labute approximate surface area is 232 Å². The van der Waals surface area contributed by atoms with Crippen molar-refractivity contribution in [1.82, 2.24) is 10.1 Å². The molecule has 0 aliphatic carbocycles. The molecule has 0 aromatic carbocycles.